The molecule has 1 fully saturated rings. The van der Waals surface area contributed by atoms with Gasteiger partial charge in [-0.1, -0.05) is 18.2 Å². The quantitative estimate of drug-likeness (QED) is 0.911. The number of para-hydroxylation sites is 1. The molecule has 0 spiro atoms. The minimum Gasteiger partial charge on any atom is -0.349 e. The Morgan fingerprint density at radius 2 is 1.64 bits per heavy atom. The summed E-state index contributed by atoms with van der Waals surface area (Å²) in [6, 6.07) is 12.6. The van der Waals surface area contributed by atoms with Crippen molar-refractivity contribution in [3.05, 3.63) is 65.5 Å². The number of benzene rings is 2. The number of hydrogen-bond acceptors (Lipinski definition) is 2. The molecule has 1 aliphatic carbocycles. The predicted molar refractivity (Wildman–Crippen MR) is 81.3 cm³/mol. The van der Waals surface area contributed by atoms with Crippen molar-refractivity contribution in [2.45, 2.75) is 18.9 Å². The Labute approximate surface area is 127 Å². The van der Waals surface area contributed by atoms with Crippen molar-refractivity contribution in [1.82, 2.24) is 5.32 Å². The number of amides is 2. The van der Waals surface area contributed by atoms with Crippen LogP contribution in [0, 0.1) is 5.82 Å². The molecule has 0 aliphatic heterocycles. The minimum atomic E-state index is -0.501. The second-order valence-corrected chi connectivity index (χ2v) is 5.26. The van der Waals surface area contributed by atoms with Crippen LogP contribution in [0.2, 0.25) is 0 Å². The summed E-state index contributed by atoms with van der Waals surface area (Å²) in [5.74, 6) is -1.15. The van der Waals surface area contributed by atoms with Crippen LogP contribution in [0.4, 0.5) is 10.1 Å². The second-order valence-electron chi connectivity index (χ2n) is 5.26. The summed E-state index contributed by atoms with van der Waals surface area (Å²) < 4.78 is 13.5. The molecule has 2 amide bonds. The van der Waals surface area contributed by atoms with E-state index in [-0.39, 0.29) is 17.6 Å². The lowest BCUT2D eigenvalue weighted by Crippen LogP contribution is -2.25. The van der Waals surface area contributed by atoms with E-state index in [4.69, 9.17) is 0 Å². The van der Waals surface area contributed by atoms with Gasteiger partial charge in [0, 0.05) is 17.2 Å². The van der Waals surface area contributed by atoms with Crippen molar-refractivity contribution in [2.75, 3.05) is 5.32 Å². The standard InChI is InChI=1S/C17H15FN2O2/c18-14-6-1-2-7-15(14)20-17(22)12-5-3-4-11(10-12)16(21)19-13-8-9-13/h1-7,10,13H,8-9H2,(H,19,21)(H,20,22). The normalized spacial score (nSPS) is 13.5. The molecule has 1 saturated carbocycles. The Balaban J connectivity index is 1.75. The number of carbonyl (C=O) groups excluding carboxylic acids is 2. The van der Waals surface area contributed by atoms with Crippen LogP contribution in [0.5, 0.6) is 0 Å². The molecule has 0 bridgehead atoms. The maximum absolute atomic E-state index is 13.5. The summed E-state index contributed by atoms with van der Waals surface area (Å²) in [4.78, 5) is 24.1. The molecule has 2 aromatic rings. The molecule has 5 heteroatoms. The highest BCUT2D eigenvalue weighted by molar-refractivity contribution is 6.06. The van der Waals surface area contributed by atoms with Crippen LogP contribution >= 0.6 is 0 Å². The van der Waals surface area contributed by atoms with E-state index in [1.165, 1.54) is 18.2 Å². The Morgan fingerprint density at radius 3 is 2.32 bits per heavy atom. The monoisotopic (exact) mass is 298 g/mol. The van der Waals surface area contributed by atoms with Gasteiger partial charge in [-0.25, -0.2) is 4.39 Å². The fourth-order valence-electron chi connectivity index (χ4n) is 2.06. The van der Waals surface area contributed by atoms with Crippen LogP contribution in [0.15, 0.2) is 48.5 Å². The third-order valence-corrected chi connectivity index (χ3v) is 3.42. The highest BCUT2D eigenvalue weighted by Crippen LogP contribution is 2.20. The van der Waals surface area contributed by atoms with Gasteiger partial charge in [-0.05, 0) is 43.2 Å². The third kappa shape index (κ3) is 3.31. The first-order chi connectivity index (χ1) is 10.6. The molecular formula is C17H15FN2O2. The first-order valence-corrected chi connectivity index (χ1v) is 7.10. The topological polar surface area (TPSA) is 58.2 Å². The average molecular weight is 298 g/mol. The number of nitrogens with one attached hydrogen (secondary N) is 2. The van der Waals surface area contributed by atoms with Crippen LogP contribution in [-0.2, 0) is 0 Å². The van der Waals surface area contributed by atoms with Crippen molar-refractivity contribution in [2.24, 2.45) is 0 Å². The molecule has 2 aromatic carbocycles. The number of anilines is 1. The molecule has 0 unspecified atom stereocenters. The summed E-state index contributed by atoms with van der Waals surface area (Å²) in [6.45, 7) is 0. The van der Waals surface area contributed by atoms with Gasteiger partial charge in [-0.3, -0.25) is 9.59 Å². The lowest BCUT2D eigenvalue weighted by molar-refractivity contribution is 0.0951. The number of carbonyl (C=O) groups is 2. The zero-order valence-electron chi connectivity index (χ0n) is 11.8. The summed E-state index contributed by atoms with van der Waals surface area (Å²) in [5, 5.41) is 5.36. The molecule has 3 rings (SSSR count). The van der Waals surface area contributed by atoms with E-state index < -0.39 is 11.7 Å². The SMILES string of the molecule is O=C(Nc1ccccc1F)c1cccc(C(=O)NC2CC2)c1. The zero-order chi connectivity index (χ0) is 15.5. The van der Waals surface area contributed by atoms with E-state index in [0.29, 0.717) is 11.1 Å². The van der Waals surface area contributed by atoms with Gasteiger partial charge in [0.15, 0.2) is 0 Å². The zero-order valence-corrected chi connectivity index (χ0v) is 11.8. The fraction of sp³-hybridized carbons (Fsp3) is 0.176. The Morgan fingerprint density at radius 1 is 0.955 bits per heavy atom. The van der Waals surface area contributed by atoms with Gasteiger partial charge < -0.3 is 10.6 Å². The van der Waals surface area contributed by atoms with Crippen LogP contribution in [0.3, 0.4) is 0 Å². The summed E-state index contributed by atoms with van der Waals surface area (Å²) in [5.41, 5.74) is 0.847. The van der Waals surface area contributed by atoms with Gasteiger partial charge in [0.05, 0.1) is 5.69 Å². The molecule has 112 valence electrons. The van der Waals surface area contributed by atoms with Crippen LogP contribution in [0.1, 0.15) is 33.6 Å². The number of hydrogen-bond donors (Lipinski definition) is 2. The molecule has 0 saturated heterocycles. The Kier molecular flexibility index (Phi) is 3.87. The van der Waals surface area contributed by atoms with Gasteiger partial charge >= 0.3 is 0 Å². The van der Waals surface area contributed by atoms with E-state index in [0.717, 1.165) is 12.8 Å². The lowest BCUT2D eigenvalue weighted by Gasteiger charge is -2.08. The van der Waals surface area contributed by atoms with E-state index in [1.54, 1.807) is 30.3 Å². The summed E-state index contributed by atoms with van der Waals surface area (Å²) >= 11 is 0. The molecule has 4 nitrogen and oxygen atoms in total. The molecule has 0 radical (unpaired) electrons. The maximum atomic E-state index is 13.5. The smallest absolute Gasteiger partial charge is 0.255 e. The van der Waals surface area contributed by atoms with Crippen molar-refractivity contribution >= 4 is 17.5 Å². The van der Waals surface area contributed by atoms with E-state index in [1.807, 2.05) is 0 Å². The van der Waals surface area contributed by atoms with Gasteiger partial charge in [0.1, 0.15) is 5.82 Å². The molecule has 0 atom stereocenters. The minimum absolute atomic E-state index is 0.111. The first-order valence-electron chi connectivity index (χ1n) is 7.10. The number of halogens is 1. The van der Waals surface area contributed by atoms with Crippen molar-refractivity contribution in [3.8, 4) is 0 Å². The van der Waals surface area contributed by atoms with Crippen LogP contribution < -0.4 is 10.6 Å². The fourth-order valence-corrected chi connectivity index (χ4v) is 2.06. The van der Waals surface area contributed by atoms with E-state index >= 15 is 0 Å². The van der Waals surface area contributed by atoms with Crippen molar-refractivity contribution in [1.29, 1.82) is 0 Å². The van der Waals surface area contributed by atoms with E-state index in [9.17, 15) is 14.0 Å². The highest BCUT2D eigenvalue weighted by Gasteiger charge is 2.24. The molecule has 22 heavy (non-hydrogen) atoms. The lowest BCUT2D eigenvalue weighted by atomic mass is 10.1. The molecule has 2 N–H and O–H groups in total. The molecular weight excluding hydrogens is 283 g/mol. The maximum Gasteiger partial charge on any atom is 0.255 e. The van der Waals surface area contributed by atoms with Crippen LogP contribution in [0.25, 0.3) is 0 Å². The third-order valence-electron chi connectivity index (χ3n) is 3.42. The van der Waals surface area contributed by atoms with Gasteiger partial charge in [-0.2, -0.15) is 0 Å². The Hall–Kier alpha value is -2.69. The predicted octanol–water partition coefficient (Wildman–Crippen LogP) is 2.97. The summed E-state index contributed by atoms with van der Waals surface area (Å²) in [7, 11) is 0. The molecule has 0 heterocycles. The van der Waals surface area contributed by atoms with Gasteiger partial charge in [0.2, 0.25) is 0 Å². The van der Waals surface area contributed by atoms with Crippen molar-refractivity contribution < 1.29 is 14.0 Å². The molecule has 1 aliphatic rings. The van der Waals surface area contributed by atoms with Crippen molar-refractivity contribution in [3.63, 3.8) is 0 Å². The van der Waals surface area contributed by atoms with Gasteiger partial charge in [-0.15, -0.1) is 0 Å². The highest BCUT2D eigenvalue weighted by atomic mass is 19.1. The molecule has 0 aromatic heterocycles. The van der Waals surface area contributed by atoms with Crippen LogP contribution in [-0.4, -0.2) is 17.9 Å². The first kappa shape index (κ1) is 14.3. The van der Waals surface area contributed by atoms with E-state index in [2.05, 4.69) is 10.6 Å². The largest absolute Gasteiger partial charge is 0.349 e. The average Bonchev–Trinajstić information content (AvgIpc) is 3.33. The summed E-state index contributed by atoms with van der Waals surface area (Å²) in [6.07, 6.45) is 2.00. The second kappa shape index (κ2) is 5.97. The number of rotatable bonds is 4. The van der Waals surface area contributed by atoms with Gasteiger partial charge in [0.25, 0.3) is 11.8 Å². The Bertz CT molecular complexity index is 726.